The second-order valence-electron chi connectivity index (χ2n) is 4.96. The molecule has 1 fully saturated rings. The zero-order valence-corrected chi connectivity index (χ0v) is 9.55. The van der Waals surface area contributed by atoms with Gasteiger partial charge in [0.1, 0.15) is 5.82 Å². The number of halogens is 1. The fourth-order valence-corrected chi connectivity index (χ4v) is 2.83. The molecule has 2 aliphatic heterocycles. The van der Waals surface area contributed by atoms with Crippen LogP contribution in [-0.4, -0.2) is 19.0 Å². The zero-order chi connectivity index (χ0) is 11.9. The molecule has 0 atom stereocenters. The highest BCUT2D eigenvalue weighted by Crippen LogP contribution is 2.40. The first kappa shape index (κ1) is 10.7. The molecular weight excluding hydrogens is 219 g/mol. The van der Waals surface area contributed by atoms with E-state index in [0.29, 0.717) is 5.69 Å². The molecule has 1 saturated heterocycles. The van der Waals surface area contributed by atoms with E-state index in [1.165, 1.54) is 12.1 Å². The first-order valence-electron chi connectivity index (χ1n) is 6.00. The average Bonchev–Trinajstić information content (AvgIpc) is 2.33. The van der Waals surface area contributed by atoms with E-state index in [0.717, 1.165) is 37.9 Å². The number of hydrogen-bond donors (Lipinski definition) is 2. The van der Waals surface area contributed by atoms with Crippen molar-refractivity contribution in [2.45, 2.75) is 19.3 Å². The molecule has 1 aromatic rings. The van der Waals surface area contributed by atoms with Crippen molar-refractivity contribution in [3.63, 3.8) is 0 Å². The number of benzene rings is 1. The van der Waals surface area contributed by atoms with Gasteiger partial charge in [0, 0.05) is 5.69 Å². The number of piperidine rings is 1. The van der Waals surface area contributed by atoms with Gasteiger partial charge in [-0.25, -0.2) is 4.39 Å². The van der Waals surface area contributed by atoms with Gasteiger partial charge in [0.15, 0.2) is 0 Å². The van der Waals surface area contributed by atoms with Gasteiger partial charge < -0.3 is 10.6 Å². The van der Waals surface area contributed by atoms with Crippen LogP contribution in [0, 0.1) is 11.2 Å². The summed E-state index contributed by atoms with van der Waals surface area (Å²) < 4.78 is 13.1. The highest BCUT2D eigenvalue weighted by atomic mass is 19.1. The van der Waals surface area contributed by atoms with E-state index in [9.17, 15) is 9.18 Å². The Morgan fingerprint density at radius 2 is 2.00 bits per heavy atom. The first-order valence-corrected chi connectivity index (χ1v) is 6.00. The van der Waals surface area contributed by atoms with E-state index in [-0.39, 0.29) is 17.1 Å². The standard InChI is InChI=1S/C13H15FN2O/c14-10-2-1-9-8-13(3-5-15-6-4-13)12(17)16-11(9)7-10/h1-2,7,15H,3-6,8H2,(H,16,17). The Labute approximate surface area is 99.4 Å². The van der Waals surface area contributed by atoms with Crippen molar-refractivity contribution >= 4 is 11.6 Å². The van der Waals surface area contributed by atoms with Gasteiger partial charge in [0.2, 0.25) is 5.91 Å². The largest absolute Gasteiger partial charge is 0.325 e. The van der Waals surface area contributed by atoms with Gasteiger partial charge in [-0.2, -0.15) is 0 Å². The smallest absolute Gasteiger partial charge is 0.231 e. The summed E-state index contributed by atoms with van der Waals surface area (Å²) >= 11 is 0. The molecule has 2 heterocycles. The Bertz CT molecular complexity index is 466. The molecule has 2 aliphatic rings. The molecule has 1 amide bonds. The van der Waals surface area contributed by atoms with Gasteiger partial charge in [-0.05, 0) is 50.0 Å². The number of hydrogen-bond acceptors (Lipinski definition) is 2. The number of rotatable bonds is 0. The van der Waals surface area contributed by atoms with Gasteiger partial charge in [-0.1, -0.05) is 6.07 Å². The number of carbonyl (C=O) groups excluding carboxylic acids is 1. The molecule has 1 spiro atoms. The minimum absolute atomic E-state index is 0.0529. The molecule has 0 aliphatic carbocycles. The van der Waals surface area contributed by atoms with E-state index < -0.39 is 0 Å². The van der Waals surface area contributed by atoms with Gasteiger partial charge in [-0.15, -0.1) is 0 Å². The Balaban J connectivity index is 1.97. The topological polar surface area (TPSA) is 41.1 Å². The minimum atomic E-state index is -0.301. The Hall–Kier alpha value is -1.42. The fourth-order valence-electron chi connectivity index (χ4n) is 2.83. The number of anilines is 1. The second kappa shape index (κ2) is 3.81. The van der Waals surface area contributed by atoms with Crippen LogP contribution in [0.25, 0.3) is 0 Å². The SMILES string of the molecule is O=C1Nc2cc(F)ccc2CC12CCNCC2. The van der Waals surface area contributed by atoms with Crippen LogP contribution >= 0.6 is 0 Å². The monoisotopic (exact) mass is 234 g/mol. The lowest BCUT2D eigenvalue weighted by molar-refractivity contribution is -0.127. The molecule has 0 radical (unpaired) electrons. The van der Waals surface area contributed by atoms with Crippen molar-refractivity contribution in [3.8, 4) is 0 Å². The lowest BCUT2D eigenvalue weighted by Gasteiger charge is -2.40. The average molecular weight is 234 g/mol. The van der Waals surface area contributed by atoms with Gasteiger partial charge >= 0.3 is 0 Å². The lowest BCUT2D eigenvalue weighted by Crippen LogP contribution is -2.48. The predicted molar refractivity (Wildman–Crippen MR) is 63.3 cm³/mol. The quantitative estimate of drug-likeness (QED) is 0.717. The third kappa shape index (κ3) is 1.72. The van der Waals surface area contributed by atoms with Crippen LogP contribution in [-0.2, 0) is 11.2 Å². The van der Waals surface area contributed by atoms with E-state index >= 15 is 0 Å². The maximum atomic E-state index is 13.1. The molecule has 0 bridgehead atoms. The maximum Gasteiger partial charge on any atom is 0.231 e. The minimum Gasteiger partial charge on any atom is -0.325 e. The summed E-state index contributed by atoms with van der Waals surface area (Å²) in [7, 11) is 0. The summed E-state index contributed by atoms with van der Waals surface area (Å²) in [4.78, 5) is 12.2. The third-order valence-electron chi connectivity index (χ3n) is 3.89. The Kier molecular flexibility index (Phi) is 2.40. The summed E-state index contributed by atoms with van der Waals surface area (Å²) in [5, 5.41) is 6.12. The van der Waals surface area contributed by atoms with Crippen molar-refractivity contribution in [1.29, 1.82) is 0 Å². The summed E-state index contributed by atoms with van der Waals surface area (Å²) in [6.45, 7) is 1.76. The van der Waals surface area contributed by atoms with Crippen molar-refractivity contribution in [1.82, 2.24) is 5.32 Å². The van der Waals surface area contributed by atoms with E-state index in [1.807, 2.05) is 0 Å². The van der Waals surface area contributed by atoms with Crippen LogP contribution in [0.5, 0.6) is 0 Å². The number of nitrogens with one attached hydrogen (secondary N) is 2. The molecule has 4 heteroatoms. The van der Waals surface area contributed by atoms with Crippen LogP contribution in [0.2, 0.25) is 0 Å². The summed E-state index contributed by atoms with van der Waals surface area (Å²) in [5.41, 5.74) is 1.41. The molecule has 1 aromatic carbocycles. The number of carbonyl (C=O) groups is 1. The summed E-state index contributed by atoms with van der Waals surface area (Å²) in [5.74, 6) is -0.248. The van der Waals surface area contributed by atoms with Gasteiger partial charge in [0.05, 0.1) is 5.41 Å². The molecule has 17 heavy (non-hydrogen) atoms. The predicted octanol–water partition coefficient (Wildman–Crippen LogP) is 1.69. The molecule has 0 saturated carbocycles. The lowest BCUT2D eigenvalue weighted by atomic mass is 9.71. The molecule has 3 nitrogen and oxygen atoms in total. The van der Waals surface area contributed by atoms with Crippen LogP contribution in [0.3, 0.4) is 0 Å². The molecular formula is C13H15FN2O. The Morgan fingerprint density at radius 1 is 1.24 bits per heavy atom. The van der Waals surface area contributed by atoms with Gasteiger partial charge in [-0.3, -0.25) is 4.79 Å². The van der Waals surface area contributed by atoms with Crippen molar-refractivity contribution in [3.05, 3.63) is 29.6 Å². The summed E-state index contributed by atoms with van der Waals surface area (Å²) in [6.07, 6.45) is 2.45. The van der Waals surface area contributed by atoms with E-state index in [2.05, 4.69) is 10.6 Å². The highest BCUT2D eigenvalue weighted by molar-refractivity contribution is 5.98. The molecule has 2 N–H and O–H groups in total. The molecule has 3 rings (SSSR count). The molecule has 0 unspecified atom stereocenters. The summed E-state index contributed by atoms with van der Waals surface area (Å²) in [6, 6.07) is 4.65. The number of fused-ring (bicyclic) bond motifs is 1. The van der Waals surface area contributed by atoms with Crippen molar-refractivity contribution in [2.75, 3.05) is 18.4 Å². The molecule has 90 valence electrons. The van der Waals surface area contributed by atoms with Crippen molar-refractivity contribution < 1.29 is 9.18 Å². The highest BCUT2D eigenvalue weighted by Gasteiger charge is 2.42. The first-order chi connectivity index (χ1) is 8.20. The maximum absolute atomic E-state index is 13.1. The van der Waals surface area contributed by atoms with E-state index in [4.69, 9.17) is 0 Å². The normalized spacial score (nSPS) is 22.1. The van der Waals surface area contributed by atoms with E-state index in [1.54, 1.807) is 6.07 Å². The fraction of sp³-hybridized carbons (Fsp3) is 0.462. The van der Waals surface area contributed by atoms with Crippen molar-refractivity contribution in [2.24, 2.45) is 5.41 Å². The third-order valence-corrected chi connectivity index (χ3v) is 3.89. The zero-order valence-electron chi connectivity index (χ0n) is 9.55. The Morgan fingerprint density at radius 3 is 2.76 bits per heavy atom. The van der Waals surface area contributed by atoms with Crippen LogP contribution in [0.15, 0.2) is 18.2 Å². The second-order valence-corrected chi connectivity index (χ2v) is 4.96. The van der Waals surface area contributed by atoms with Crippen LogP contribution < -0.4 is 10.6 Å². The number of amides is 1. The molecule has 0 aromatic heterocycles. The van der Waals surface area contributed by atoms with Crippen LogP contribution in [0.1, 0.15) is 18.4 Å². The van der Waals surface area contributed by atoms with Gasteiger partial charge in [0.25, 0.3) is 0 Å². The van der Waals surface area contributed by atoms with Crippen LogP contribution in [0.4, 0.5) is 10.1 Å².